The summed E-state index contributed by atoms with van der Waals surface area (Å²) in [6.07, 6.45) is 0.0595. The second kappa shape index (κ2) is 6.75. The van der Waals surface area contributed by atoms with Crippen LogP contribution in [0.4, 0.5) is 5.69 Å². The van der Waals surface area contributed by atoms with Crippen LogP contribution in [0.5, 0.6) is 0 Å². The van der Waals surface area contributed by atoms with Crippen LogP contribution in [0.1, 0.15) is 53.5 Å². The molecule has 0 unspecified atom stereocenters. The number of carbonyl (C=O) groups is 3. The zero-order chi connectivity index (χ0) is 18.9. The molecule has 5 nitrogen and oxygen atoms in total. The molecule has 26 heavy (non-hydrogen) atoms. The van der Waals surface area contributed by atoms with Crippen LogP contribution >= 0.6 is 0 Å². The minimum absolute atomic E-state index is 0.0595. The van der Waals surface area contributed by atoms with Gasteiger partial charge in [-0.2, -0.15) is 0 Å². The van der Waals surface area contributed by atoms with E-state index in [4.69, 9.17) is 0 Å². The fraction of sp³-hybridized carbons (Fsp3) is 0.286. The molecule has 1 aliphatic heterocycles. The molecule has 0 aliphatic carbocycles. The minimum Gasteiger partial charge on any atom is -0.326 e. The molecular weight excluding hydrogens is 328 g/mol. The van der Waals surface area contributed by atoms with Crippen molar-refractivity contribution in [2.24, 2.45) is 0 Å². The van der Waals surface area contributed by atoms with Crippen LogP contribution in [-0.2, 0) is 10.2 Å². The van der Waals surface area contributed by atoms with Gasteiger partial charge in [0.1, 0.15) is 0 Å². The topological polar surface area (TPSA) is 66.5 Å². The van der Waals surface area contributed by atoms with E-state index in [0.29, 0.717) is 11.1 Å². The summed E-state index contributed by atoms with van der Waals surface area (Å²) in [7, 11) is 0. The number of nitrogens with one attached hydrogen (secondary N) is 1. The molecule has 0 bridgehead atoms. The van der Waals surface area contributed by atoms with Gasteiger partial charge in [0.05, 0.1) is 11.1 Å². The number of para-hydroxylation sites is 1. The predicted octanol–water partition coefficient (Wildman–Crippen LogP) is 3.61. The zero-order valence-electron chi connectivity index (χ0n) is 15.2. The maximum Gasteiger partial charge on any atom is 0.261 e. The lowest BCUT2D eigenvalue weighted by molar-refractivity contribution is -0.116. The molecular formula is C21H22N2O3. The van der Waals surface area contributed by atoms with Gasteiger partial charge in [0, 0.05) is 18.7 Å². The molecule has 3 amide bonds. The van der Waals surface area contributed by atoms with Crippen LogP contribution in [0.15, 0.2) is 48.5 Å². The number of hydrogen-bond acceptors (Lipinski definition) is 3. The van der Waals surface area contributed by atoms with Gasteiger partial charge < -0.3 is 5.32 Å². The highest BCUT2D eigenvalue weighted by Crippen LogP contribution is 2.29. The number of fused-ring (bicyclic) bond motifs is 1. The third-order valence-electron chi connectivity index (χ3n) is 4.45. The minimum atomic E-state index is -0.339. The highest BCUT2D eigenvalue weighted by atomic mass is 16.2. The van der Waals surface area contributed by atoms with E-state index in [1.54, 1.807) is 24.3 Å². The highest BCUT2D eigenvalue weighted by molar-refractivity contribution is 6.21. The van der Waals surface area contributed by atoms with Crippen molar-refractivity contribution in [3.63, 3.8) is 0 Å². The van der Waals surface area contributed by atoms with Crippen molar-refractivity contribution >= 4 is 23.4 Å². The van der Waals surface area contributed by atoms with Crippen molar-refractivity contribution in [1.29, 1.82) is 0 Å². The zero-order valence-corrected chi connectivity index (χ0v) is 15.2. The monoisotopic (exact) mass is 350 g/mol. The van der Waals surface area contributed by atoms with E-state index in [1.807, 2.05) is 24.3 Å². The number of hydrogen-bond donors (Lipinski definition) is 1. The van der Waals surface area contributed by atoms with Gasteiger partial charge in [-0.1, -0.05) is 51.1 Å². The number of rotatable bonds is 4. The fourth-order valence-corrected chi connectivity index (χ4v) is 3.11. The maximum absolute atomic E-state index is 12.4. The number of carbonyl (C=O) groups excluding carboxylic acids is 3. The molecule has 0 saturated heterocycles. The first-order valence-corrected chi connectivity index (χ1v) is 8.63. The molecule has 0 saturated carbocycles. The van der Waals surface area contributed by atoms with E-state index in [0.717, 1.165) is 16.2 Å². The molecule has 5 heteroatoms. The molecule has 1 aliphatic rings. The van der Waals surface area contributed by atoms with Crippen LogP contribution in [0.25, 0.3) is 0 Å². The van der Waals surface area contributed by atoms with Crippen LogP contribution in [-0.4, -0.2) is 29.2 Å². The predicted molar refractivity (Wildman–Crippen MR) is 100 cm³/mol. The van der Waals surface area contributed by atoms with Gasteiger partial charge in [0.15, 0.2) is 0 Å². The Morgan fingerprint density at radius 2 is 1.46 bits per heavy atom. The van der Waals surface area contributed by atoms with Gasteiger partial charge in [-0.25, -0.2) is 0 Å². The van der Waals surface area contributed by atoms with E-state index in [2.05, 4.69) is 26.1 Å². The summed E-state index contributed by atoms with van der Waals surface area (Å²) in [6, 6.07) is 14.4. The van der Waals surface area contributed by atoms with E-state index in [1.165, 1.54) is 0 Å². The smallest absolute Gasteiger partial charge is 0.261 e. The Labute approximate surface area is 153 Å². The summed E-state index contributed by atoms with van der Waals surface area (Å²) in [4.78, 5) is 38.2. The number of imide groups is 1. The van der Waals surface area contributed by atoms with Gasteiger partial charge in [-0.3, -0.25) is 19.3 Å². The van der Waals surface area contributed by atoms with Gasteiger partial charge in [0.25, 0.3) is 11.8 Å². The Bertz CT molecular complexity index is 846. The lowest BCUT2D eigenvalue weighted by Gasteiger charge is -2.23. The Hall–Kier alpha value is -2.95. The van der Waals surface area contributed by atoms with Crippen LogP contribution < -0.4 is 5.32 Å². The Balaban J connectivity index is 1.66. The normalized spacial score (nSPS) is 13.7. The van der Waals surface area contributed by atoms with Crippen molar-refractivity contribution in [3.8, 4) is 0 Å². The van der Waals surface area contributed by atoms with E-state index in [9.17, 15) is 14.4 Å². The van der Waals surface area contributed by atoms with Crippen molar-refractivity contribution in [2.45, 2.75) is 32.6 Å². The standard InChI is InChI=1S/C21H22N2O3/c1-21(2,3)16-10-6-7-11-17(16)22-18(24)12-13-23-19(25)14-8-4-5-9-15(14)20(23)26/h4-11H,12-13H2,1-3H3,(H,22,24). The molecule has 0 spiro atoms. The highest BCUT2D eigenvalue weighted by Gasteiger charge is 2.35. The summed E-state index contributed by atoms with van der Waals surface area (Å²) >= 11 is 0. The summed E-state index contributed by atoms with van der Waals surface area (Å²) in [5.74, 6) is -0.903. The molecule has 0 radical (unpaired) electrons. The Morgan fingerprint density at radius 3 is 2.04 bits per heavy atom. The first-order valence-electron chi connectivity index (χ1n) is 8.63. The van der Waals surface area contributed by atoms with E-state index < -0.39 is 0 Å². The average molecular weight is 350 g/mol. The number of nitrogens with zero attached hydrogens (tertiary/aromatic N) is 1. The van der Waals surface area contributed by atoms with Crippen LogP contribution in [0.3, 0.4) is 0 Å². The summed E-state index contributed by atoms with van der Waals surface area (Å²) in [5.41, 5.74) is 2.49. The Kier molecular flexibility index (Phi) is 4.64. The number of benzene rings is 2. The number of amides is 3. The van der Waals surface area contributed by atoms with Crippen molar-refractivity contribution in [2.75, 3.05) is 11.9 Å². The van der Waals surface area contributed by atoms with Gasteiger partial charge in [-0.15, -0.1) is 0 Å². The van der Waals surface area contributed by atoms with Crippen molar-refractivity contribution in [1.82, 2.24) is 4.90 Å². The number of anilines is 1. The second-order valence-corrected chi connectivity index (χ2v) is 7.40. The van der Waals surface area contributed by atoms with E-state index >= 15 is 0 Å². The molecule has 2 aromatic rings. The first kappa shape index (κ1) is 17.9. The molecule has 1 heterocycles. The lowest BCUT2D eigenvalue weighted by atomic mass is 9.86. The van der Waals surface area contributed by atoms with Crippen LogP contribution in [0.2, 0.25) is 0 Å². The van der Waals surface area contributed by atoms with Gasteiger partial charge in [0.2, 0.25) is 5.91 Å². The summed E-state index contributed by atoms with van der Waals surface area (Å²) < 4.78 is 0. The molecule has 0 atom stereocenters. The van der Waals surface area contributed by atoms with Crippen molar-refractivity contribution < 1.29 is 14.4 Å². The summed E-state index contributed by atoms with van der Waals surface area (Å²) in [5, 5.41) is 2.90. The second-order valence-electron chi connectivity index (χ2n) is 7.40. The molecule has 2 aromatic carbocycles. The Morgan fingerprint density at radius 1 is 0.923 bits per heavy atom. The van der Waals surface area contributed by atoms with E-state index in [-0.39, 0.29) is 36.1 Å². The average Bonchev–Trinajstić information content (AvgIpc) is 2.84. The SMILES string of the molecule is CC(C)(C)c1ccccc1NC(=O)CCN1C(=O)c2ccccc2C1=O. The van der Waals surface area contributed by atoms with Gasteiger partial charge in [-0.05, 0) is 29.2 Å². The lowest BCUT2D eigenvalue weighted by Crippen LogP contribution is -2.33. The molecule has 0 aromatic heterocycles. The first-order chi connectivity index (χ1) is 12.3. The van der Waals surface area contributed by atoms with Gasteiger partial charge >= 0.3 is 0 Å². The largest absolute Gasteiger partial charge is 0.326 e. The molecule has 3 rings (SSSR count). The summed E-state index contributed by atoms with van der Waals surface area (Å²) in [6.45, 7) is 6.31. The fourth-order valence-electron chi connectivity index (χ4n) is 3.11. The third-order valence-corrected chi connectivity index (χ3v) is 4.45. The quantitative estimate of drug-likeness (QED) is 0.857. The third kappa shape index (κ3) is 3.38. The molecule has 134 valence electrons. The van der Waals surface area contributed by atoms with Crippen molar-refractivity contribution in [3.05, 3.63) is 65.2 Å². The molecule has 1 N–H and O–H groups in total. The molecule has 0 fully saturated rings. The maximum atomic E-state index is 12.4. The van der Waals surface area contributed by atoms with Crippen LogP contribution in [0, 0.1) is 0 Å².